The van der Waals surface area contributed by atoms with E-state index in [0.29, 0.717) is 22.9 Å². The van der Waals surface area contributed by atoms with Crippen molar-refractivity contribution < 1.29 is 13.9 Å². The van der Waals surface area contributed by atoms with E-state index in [4.69, 9.17) is 22.1 Å². The fourth-order valence-corrected chi connectivity index (χ4v) is 1.87. The Balaban J connectivity index is 1.99. The summed E-state index contributed by atoms with van der Waals surface area (Å²) in [7, 11) is 0. The monoisotopic (exact) mass is 308 g/mol. The second-order valence-electron chi connectivity index (χ2n) is 4.37. The predicted octanol–water partition coefficient (Wildman–Crippen LogP) is 2.96. The Hall–Kier alpha value is -2.27. The molecule has 0 aliphatic carbocycles. The van der Waals surface area contributed by atoms with E-state index in [1.165, 1.54) is 6.07 Å². The number of benzene rings is 2. The number of rotatable bonds is 6. The zero-order valence-electron chi connectivity index (χ0n) is 11.1. The summed E-state index contributed by atoms with van der Waals surface area (Å²) in [5, 5.41) is 3.43. The first-order chi connectivity index (χ1) is 10.0. The van der Waals surface area contributed by atoms with Crippen LogP contribution in [0.5, 0.6) is 5.75 Å². The van der Waals surface area contributed by atoms with Crippen LogP contribution in [-0.4, -0.2) is 12.5 Å². The van der Waals surface area contributed by atoms with Crippen molar-refractivity contribution in [1.29, 1.82) is 0 Å². The second kappa shape index (κ2) is 6.95. The first-order valence-electron chi connectivity index (χ1n) is 6.23. The first kappa shape index (κ1) is 15.1. The van der Waals surface area contributed by atoms with Crippen molar-refractivity contribution in [3.63, 3.8) is 0 Å². The van der Waals surface area contributed by atoms with Gasteiger partial charge < -0.3 is 15.8 Å². The molecule has 2 aromatic rings. The van der Waals surface area contributed by atoms with Gasteiger partial charge in [0, 0.05) is 28.9 Å². The van der Waals surface area contributed by atoms with Gasteiger partial charge in [-0.3, -0.25) is 4.79 Å². The van der Waals surface area contributed by atoms with Gasteiger partial charge >= 0.3 is 0 Å². The molecule has 0 radical (unpaired) electrons. The lowest BCUT2D eigenvalue weighted by atomic mass is 10.2. The van der Waals surface area contributed by atoms with Crippen LogP contribution in [0.1, 0.15) is 5.56 Å². The van der Waals surface area contributed by atoms with Crippen molar-refractivity contribution in [2.75, 3.05) is 11.9 Å². The van der Waals surface area contributed by atoms with E-state index in [1.807, 2.05) is 6.07 Å². The molecule has 21 heavy (non-hydrogen) atoms. The number of amides is 1. The molecule has 0 aliphatic rings. The standard InChI is InChI=1S/C15H14ClFN2O2/c16-11-5-4-10(14(17)6-11)8-19-12-2-1-3-13(7-12)21-9-15(18)20/h1-7,19H,8-9H2,(H2,18,20). The second-order valence-corrected chi connectivity index (χ2v) is 4.81. The smallest absolute Gasteiger partial charge is 0.255 e. The molecule has 0 heterocycles. The number of carbonyl (C=O) groups is 1. The molecule has 0 atom stereocenters. The molecular weight excluding hydrogens is 295 g/mol. The Morgan fingerprint density at radius 3 is 2.81 bits per heavy atom. The Morgan fingerprint density at radius 1 is 1.29 bits per heavy atom. The van der Waals surface area contributed by atoms with Gasteiger partial charge in [-0.15, -0.1) is 0 Å². The molecule has 0 bridgehead atoms. The molecule has 0 spiro atoms. The number of ether oxygens (including phenoxy) is 1. The molecule has 1 amide bonds. The van der Waals surface area contributed by atoms with Crippen LogP contribution in [-0.2, 0) is 11.3 Å². The molecular formula is C15H14ClFN2O2. The maximum Gasteiger partial charge on any atom is 0.255 e. The summed E-state index contributed by atoms with van der Waals surface area (Å²) in [5.41, 5.74) is 6.25. The SMILES string of the molecule is NC(=O)COc1cccc(NCc2ccc(Cl)cc2F)c1. The van der Waals surface area contributed by atoms with Crippen molar-refractivity contribution >= 4 is 23.2 Å². The molecule has 0 aromatic heterocycles. The molecule has 4 nitrogen and oxygen atoms in total. The summed E-state index contributed by atoms with van der Waals surface area (Å²) in [6, 6.07) is 11.5. The van der Waals surface area contributed by atoms with Gasteiger partial charge in [-0.1, -0.05) is 23.7 Å². The zero-order chi connectivity index (χ0) is 15.2. The van der Waals surface area contributed by atoms with Gasteiger partial charge in [0.05, 0.1) is 0 Å². The van der Waals surface area contributed by atoms with Crippen LogP contribution in [0.2, 0.25) is 5.02 Å². The summed E-state index contributed by atoms with van der Waals surface area (Å²) in [6.07, 6.45) is 0. The number of halogens is 2. The van der Waals surface area contributed by atoms with Gasteiger partial charge in [0.2, 0.25) is 0 Å². The number of anilines is 1. The molecule has 0 saturated carbocycles. The van der Waals surface area contributed by atoms with E-state index in [2.05, 4.69) is 5.32 Å². The molecule has 0 saturated heterocycles. The van der Waals surface area contributed by atoms with E-state index in [1.54, 1.807) is 30.3 Å². The van der Waals surface area contributed by atoms with E-state index in [-0.39, 0.29) is 12.4 Å². The van der Waals surface area contributed by atoms with Crippen LogP contribution in [0.25, 0.3) is 0 Å². The molecule has 0 aliphatic heterocycles. The van der Waals surface area contributed by atoms with E-state index in [0.717, 1.165) is 5.69 Å². The predicted molar refractivity (Wildman–Crippen MR) is 79.9 cm³/mol. The lowest BCUT2D eigenvalue weighted by Crippen LogP contribution is -2.20. The summed E-state index contributed by atoms with van der Waals surface area (Å²) in [6.45, 7) is 0.123. The van der Waals surface area contributed by atoms with Crippen molar-refractivity contribution in [3.8, 4) is 5.75 Å². The molecule has 6 heteroatoms. The minimum atomic E-state index is -0.545. The Labute approximate surface area is 126 Å². The molecule has 110 valence electrons. The molecule has 0 unspecified atom stereocenters. The highest BCUT2D eigenvalue weighted by Crippen LogP contribution is 2.19. The fourth-order valence-electron chi connectivity index (χ4n) is 1.71. The Bertz CT molecular complexity index is 649. The highest BCUT2D eigenvalue weighted by Gasteiger charge is 2.04. The van der Waals surface area contributed by atoms with Gasteiger partial charge in [-0.2, -0.15) is 0 Å². The van der Waals surface area contributed by atoms with E-state index >= 15 is 0 Å². The van der Waals surface area contributed by atoms with Crippen molar-refractivity contribution in [2.45, 2.75) is 6.54 Å². The van der Waals surface area contributed by atoms with Gasteiger partial charge in [0.1, 0.15) is 11.6 Å². The van der Waals surface area contributed by atoms with Crippen LogP contribution >= 0.6 is 11.6 Å². The Kier molecular flexibility index (Phi) is 5.00. The minimum absolute atomic E-state index is 0.185. The summed E-state index contributed by atoms with van der Waals surface area (Å²) < 4.78 is 18.8. The number of hydrogen-bond donors (Lipinski definition) is 2. The van der Waals surface area contributed by atoms with Gasteiger partial charge in [0.25, 0.3) is 5.91 Å². The average Bonchev–Trinajstić information content (AvgIpc) is 2.45. The molecule has 2 rings (SSSR count). The summed E-state index contributed by atoms with van der Waals surface area (Å²) in [5.74, 6) is -0.400. The average molecular weight is 309 g/mol. The number of carbonyl (C=O) groups excluding carboxylic acids is 1. The van der Waals surface area contributed by atoms with Crippen LogP contribution in [0.4, 0.5) is 10.1 Å². The number of primary amides is 1. The largest absolute Gasteiger partial charge is 0.484 e. The summed E-state index contributed by atoms with van der Waals surface area (Å²) in [4.78, 5) is 10.7. The lowest BCUT2D eigenvalue weighted by molar-refractivity contribution is -0.119. The van der Waals surface area contributed by atoms with Crippen LogP contribution in [0, 0.1) is 5.82 Å². The van der Waals surface area contributed by atoms with Crippen LogP contribution in [0.3, 0.4) is 0 Å². The minimum Gasteiger partial charge on any atom is -0.484 e. The maximum absolute atomic E-state index is 13.6. The third-order valence-corrected chi connectivity index (χ3v) is 2.95. The maximum atomic E-state index is 13.6. The summed E-state index contributed by atoms with van der Waals surface area (Å²) >= 11 is 5.70. The highest BCUT2D eigenvalue weighted by molar-refractivity contribution is 6.30. The van der Waals surface area contributed by atoms with Crippen LogP contribution < -0.4 is 15.8 Å². The van der Waals surface area contributed by atoms with Gasteiger partial charge in [-0.05, 0) is 24.3 Å². The van der Waals surface area contributed by atoms with Crippen molar-refractivity contribution in [1.82, 2.24) is 0 Å². The fraction of sp³-hybridized carbons (Fsp3) is 0.133. The van der Waals surface area contributed by atoms with Gasteiger partial charge in [-0.25, -0.2) is 4.39 Å². The van der Waals surface area contributed by atoms with Gasteiger partial charge in [0.15, 0.2) is 6.61 Å². The van der Waals surface area contributed by atoms with E-state index in [9.17, 15) is 9.18 Å². The Morgan fingerprint density at radius 2 is 2.10 bits per heavy atom. The number of nitrogens with two attached hydrogens (primary N) is 1. The highest BCUT2D eigenvalue weighted by atomic mass is 35.5. The molecule has 0 fully saturated rings. The molecule has 3 N–H and O–H groups in total. The van der Waals surface area contributed by atoms with Crippen LogP contribution in [0.15, 0.2) is 42.5 Å². The lowest BCUT2D eigenvalue weighted by Gasteiger charge is -2.10. The zero-order valence-corrected chi connectivity index (χ0v) is 11.9. The third-order valence-electron chi connectivity index (χ3n) is 2.71. The quantitative estimate of drug-likeness (QED) is 0.862. The number of hydrogen-bond acceptors (Lipinski definition) is 3. The normalized spacial score (nSPS) is 10.2. The van der Waals surface area contributed by atoms with E-state index < -0.39 is 5.91 Å². The number of nitrogens with one attached hydrogen (secondary N) is 1. The first-order valence-corrected chi connectivity index (χ1v) is 6.61. The van der Waals surface area contributed by atoms with Crippen molar-refractivity contribution in [2.24, 2.45) is 5.73 Å². The molecule has 2 aromatic carbocycles. The van der Waals surface area contributed by atoms with Crippen molar-refractivity contribution in [3.05, 3.63) is 58.9 Å². The topological polar surface area (TPSA) is 64.4 Å². The third kappa shape index (κ3) is 4.65.